The zero-order valence-electron chi connectivity index (χ0n) is 18.2. The lowest BCUT2D eigenvalue weighted by Crippen LogP contribution is -2.20. The second-order valence-corrected chi connectivity index (χ2v) is 9.06. The molecule has 0 radical (unpaired) electrons. The van der Waals surface area contributed by atoms with Crippen molar-refractivity contribution >= 4 is 34.7 Å². The van der Waals surface area contributed by atoms with Crippen molar-refractivity contribution < 1.29 is 4.79 Å². The van der Waals surface area contributed by atoms with E-state index in [1.165, 1.54) is 5.56 Å². The van der Waals surface area contributed by atoms with E-state index in [2.05, 4.69) is 47.6 Å². The van der Waals surface area contributed by atoms with Gasteiger partial charge in [0.05, 0.1) is 5.71 Å². The number of benzene rings is 2. The molecule has 4 nitrogen and oxygen atoms in total. The highest BCUT2D eigenvalue weighted by Crippen LogP contribution is 2.34. The molecular formula is C27H26ClN3O. The number of carbonyl (C=O) groups is 1. The van der Waals surface area contributed by atoms with E-state index in [4.69, 9.17) is 16.6 Å². The number of rotatable bonds is 5. The molecule has 1 aliphatic heterocycles. The van der Waals surface area contributed by atoms with Crippen LogP contribution in [0.3, 0.4) is 0 Å². The minimum atomic E-state index is 0.104. The van der Waals surface area contributed by atoms with Gasteiger partial charge in [-0.15, -0.1) is 0 Å². The number of aliphatic imine (C=N–C) groups is 1. The van der Waals surface area contributed by atoms with E-state index in [-0.39, 0.29) is 11.8 Å². The lowest BCUT2D eigenvalue weighted by atomic mass is 10.0. The number of carbonyl (C=O) groups excluding carboxylic acids is 1. The maximum atomic E-state index is 12.5. The number of nitrogens with one attached hydrogen (secondary N) is 1. The number of halogens is 1. The highest BCUT2D eigenvalue weighted by Gasteiger charge is 2.24. The molecule has 2 heterocycles. The largest absolute Gasteiger partial charge is 0.326 e. The molecule has 1 amide bonds. The normalized spacial score (nSPS) is 15.5. The van der Waals surface area contributed by atoms with Crippen molar-refractivity contribution in [3.63, 3.8) is 0 Å². The van der Waals surface area contributed by atoms with Gasteiger partial charge in [0.25, 0.3) is 0 Å². The molecule has 5 rings (SSSR count). The highest BCUT2D eigenvalue weighted by atomic mass is 35.5. The Morgan fingerprint density at radius 3 is 2.59 bits per heavy atom. The minimum absolute atomic E-state index is 0.104. The number of pyridine rings is 1. The van der Waals surface area contributed by atoms with E-state index < -0.39 is 0 Å². The van der Waals surface area contributed by atoms with Gasteiger partial charge >= 0.3 is 0 Å². The number of anilines is 1. The SMILES string of the molecule is CCc1ccc(-c2cnc3c(c2)CC(c2cc(NC(=O)C4CCCC4)ccc2Cl)=N3)cc1. The van der Waals surface area contributed by atoms with Crippen molar-refractivity contribution in [2.75, 3.05) is 5.32 Å². The standard InChI is InChI=1S/C27H26ClN3O/c1-2-17-7-9-18(10-8-17)21-13-20-14-25(31-26(20)29-16-21)23-15-22(11-12-24(23)28)30-27(32)19-5-3-4-6-19/h7-13,15-16,19H,2-6,14H2,1H3,(H,30,32). The molecule has 2 aromatic carbocycles. The first-order valence-electron chi connectivity index (χ1n) is 11.4. The van der Waals surface area contributed by atoms with Gasteiger partial charge in [-0.2, -0.15) is 0 Å². The quantitative estimate of drug-likeness (QED) is 0.473. The second-order valence-electron chi connectivity index (χ2n) is 8.66. The Kier molecular flexibility index (Phi) is 5.79. The molecule has 0 spiro atoms. The maximum Gasteiger partial charge on any atom is 0.227 e. The fraction of sp³-hybridized carbons (Fsp3) is 0.296. The average molecular weight is 444 g/mol. The van der Waals surface area contributed by atoms with Gasteiger partial charge < -0.3 is 5.32 Å². The Morgan fingerprint density at radius 2 is 1.84 bits per heavy atom. The predicted octanol–water partition coefficient (Wildman–Crippen LogP) is 6.77. The monoisotopic (exact) mass is 443 g/mol. The lowest BCUT2D eigenvalue weighted by Gasteiger charge is -2.12. The molecule has 1 aliphatic carbocycles. The summed E-state index contributed by atoms with van der Waals surface area (Å²) in [6.45, 7) is 2.16. The smallest absolute Gasteiger partial charge is 0.227 e. The number of aryl methyl sites for hydroxylation is 1. The van der Waals surface area contributed by atoms with Crippen LogP contribution in [0.2, 0.25) is 5.02 Å². The van der Waals surface area contributed by atoms with Gasteiger partial charge in [0.2, 0.25) is 5.91 Å². The molecule has 5 heteroatoms. The van der Waals surface area contributed by atoms with Gasteiger partial charge in [0, 0.05) is 45.9 Å². The van der Waals surface area contributed by atoms with Crippen LogP contribution < -0.4 is 5.32 Å². The highest BCUT2D eigenvalue weighted by molar-refractivity contribution is 6.34. The summed E-state index contributed by atoms with van der Waals surface area (Å²) in [4.78, 5) is 21.9. The summed E-state index contributed by atoms with van der Waals surface area (Å²) in [7, 11) is 0. The van der Waals surface area contributed by atoms with Crippen LogP contribution in [-0.2, 0) is 17.6 Å². The van der Waals surface area contributed by atoms with Crippen LogP contribution in [0.4, 0.5) is 11.5 Å². The second kappa shape index (κ2) is 8.87. The number of aromatic nitrogens is 1. The van der Waals surface area contributed by atoms with Crippen LogP contribution in [0.25, 0.3) is 11.1 Å². The molecule has 32 heavy (non-hydrogen) atoms. The molecule has 1 aromatic heterocycles. The van der Waals surface area contributed by atoms with E-state index in [1.54, 1.807) is 0 Å². The molecule has 2 aliphatic rings. The molecular weight excluding hydrogens is 418 g/mol. The third-order valence-electron chi connectivity index (χ3n) is 6.51. The summed E-state index contributed by atoms with van der Waals surface area (Å²) < 4.78 is 0. The van der Waals surface area contributed by atoms with Crippen molar-refractivity contribution in [3.05, 3.63) is 76.4 Å². The van der Waals surface area contributed by atoms with Crippen molar-refractivity contribution in [2.45, 2.75) is 45.4 Å². The molecule has 0 unspecified atom stereocenters. The first kappa shape index (κ1) is 20.9. The molecule has 1 fully saturated rings. The third kappa shape index (κ3) is 4.20. The van der Waals surface area contributed by atoms with E-state index >= 15 is 0 Å². The van der Waals surface area contributed by atoms with Crippen LogP contribution in [0.15, 0.2) is 59.7 Å². The molecule has 3 aromatic rings. The summed E-state index contributed by atoms with van der Waals surface area (Å²) in [5.41, 5.74) is 7.16. The van der Waals surface area contributed by atoms with Gasteiger partial charge in [-0.3, -0.25) is 4.79 Å². The Morgan fingerprint density at radius 1 is 1.06 bits per heavy atom. The Balaban J connectivity index is 1.36. The number of amides is 1. The minimum Gasteiger partial charge on any atom is -0.326 e. The predicted molar refractivity (Wildman–Crippen MR) is 131 cm³/mol. The van der Waals surface area contributed by atoms with Crippen LogP contribution in [0, 0.1) is 5.92 Å². The van der Waals surface area contributed by atoms with Gasteiger partial charge in [0.15, 0.2) is 5.82 Å². The average Bonchev–Trinajstić information content (AvgIpc) is 3.50. The van der Waals surface area contributed by atoms with Crippen LogP contribution in [0.1, 0.15) is 49.3 Å². The fourth-order valence-corrected chi connectivity index (χ4v) is 4.81. The van der Waals surface area contributed by atoms with E-state index in [0.717, 1.165) is 71.6 Å². The van der Waals surface area contributed by atoms with E-state index in [1.807, 2.05) is 24.4 Å². The van der Waals surface area contributed by atoms with Gasteiger partial charge in [0.1, 0.15) is 0 Å². The lowest BCUT2D eigenvalue weighted by molar-refractivity contribution is -0.119. The summed E-state index contributed by atoms with van der Waals surface area (Å²) >= 11 is 6.52. The van der Waals surface area contributed by atoms with Crippen molar-refractivity contribution in [3.8, 4) is 11.1 Å². The van der Waals surface area contributed by atoms with Crippen LogP contribution >= 0.6 is 11.6 Å². The molecule has 0 saturated heterocycles. The number of hydrogen-bond acceptors (Lipinski definition) is 3. The topological polar surface area (TPSA) is 54.4 Å². The van der Waals surface area contributed by atoms with Gasteiger partial charge in [-0.05, 0) is 54.7 Å². The zero-order valence-corrected chi connectivity index (χ0v) is 19.0. The van der Waals surface area contributed by atoms with E-state index in [0.29, 0.717) is 11.4 Å². The molecule has 0 bridgehead atoms. The van der Waals surface area contributed by atoms with Gasteiger partial charge in [-0.1, -0.05) is 55.6 Å². The Labute approximate surface area is 193 Å². The van der Waals surface area contributed by atoms with Crippen molar-refractivity contribution in [1.82, 2.24) is 4.98 Å². The fourth-order valence-electron chi connectivity index (χ4n) is 4.58. The summed E-state index contributed by atoms with van der Waals surface area (Å²) in [6, 6.07) is 16.4. The first-order valence-corrected chi connectivity index (χ1v) is 11.7. The van der Waals surface area contributed by atoms with Crippen molar-refractivity contribution in [2.24, 2.45) is 10.9 Å². The Bertz CT molecular complexity index is 1190. The van der Waals surface area contributed by atoms with Crippen LogP contribution in [0.5, 0.6) is 0 Å². The van der Waals surface area contributed by atoms with Gasteiger partial charge in [-0.25, -0.2) is 9.98 Å². The summed E-state index contributed by atoms with van der Waals surface area (Å²) in [5, 5.41) is 3.70. The number of nitrogens with zero attached hydrogens (tertiary/aromatic N) is 2. The molecule has 0 atom stereocenters. The number of hydrogen-bond donors (Lipinski definition) is 1. The Hall–Kier alpha value is -2.98. The summed E-state index contributed by atoms with van der Waals surface area (Å²) in [5.74, 6) is 0.967. The zero-order chi connectivity index (χ0) is 22.1. The maximum absolute atomic E-state index is 12.5. The first-order chi connectivity index (χ1) is 15.6. The molecule has 1 saturated carbocycles. The molecule has 162 valence electrons. The summed E-state index contributed by atoms with van der Waals surface area (Å²) in [6.07, 6.45) is 7.80. The molecule has 1 N–H and O–H groups in total. The van der Waals surface area contributed by atoms with Crippen molar-refractivity contribution in [1.29, 1.82) is 0 Å². The third-order valence-corrected chi connectivity index (χ3v) is 6.84. The number of fused-ring (bicyclic) bond motifs is 1. The van der Waals surface area contributed by atoms with E-state index in [9.17, 15) is 4.79 Å². The van der Waals surface area contributed by atoms with Crippen LogP contribution in [-0.4, -0.2) is 16.6 Å².